The molecule has 2 rings (SSSR count). The quantitative estimate of drug-likeness (QED) is 0.882. The fraction of sp³-hybridized carbons (Fsp3) is 0.231. The molecule has 0 atom stereocenters. The van der Waals surface area contributed by atoms with Gasteiger partial charge < -0.3 is 10.1 Å². The maximum atomic E-state index is 13.6. The van der Waals surface area contributed by atoms with Crippen molar-refractivity contribution < 1.29 is 9.13 Å². The summed E-state index contributed by atoms with van der Waals surface area (Å²) in [5.41, 5.74) is 0.670. The van der Waals surface area contributed by atoms with Gasteiger partial charge in [0, 0.05) is 24.1 Å². The highest BCUT2D eigenvalue weighted by molar-refractivity contribution is 5.47. The summed E-state index contributed by atoms with van der Waals surface area (Å²) in [7, 11) is 0. The van der Waals surface area contributed by atoms with Gasteiger partial charge in [0.25, 0.3) is 0 Å². The van der Waals surface area contributed by atoms with Crippen LogP contribution < -0.4 is 10.1 Å². The van der Waals surface area contributed by atoms with Gasteiger partial charge in [0.05, 0.1) is 13.2 Å². The van der Waals surface area contributed by atoms with Gasteiger partial charge >= 0.3 is 0 Å². The van der Waals surface area contributed by atoms with Crippen LogP contribution in [0.5, 0.6) is 5.75 Å². The van der Waals surface area contributed by atoms with Crippen molar-refractivity contribution in [3.8, 4) is 5.75 Å². The Kier molecular flexibility index (Phi) is 4.06. The monoisotopic (exact) mass is 247 g/mol. The molecule has 5 heteroatoms. The molecule has 1 N–H and O–H groups in total. The van der Waals surface area contributed by atoms with Gasteiger partial charge in [0.2, 0.25) is 0 Å². The van der Waals surface area contributed by atoms with E-state index in [0.717, 1.165) is 0 Å². The third kappa shape index (κ3) is 3.16. The Morgan fingerprint density at radius 2 is 2.06 bits per heavy atom. The third-order valence-corrected chi connectivity index (χ3v) is 2.30. The first-order valence-electron chi connectivity index (χ1n) is 5.71. The van der Waals surface area contributed by atoms with E-state index < -0.39 is 0 Å². The van der Waals surface area contributed by atoms with Crippen LogP contribution >= 0.6 is 0 Å². The molecule has 18 heavy (non-hydrogen) atoms. The van der Waals surface area contributed by atoms with Crippen LogP contribution in [-0.4, -0.2) is 16.6 Å². The Bertz CT molecular complexity index is 505. The van der Waals surface area contributed by atoms with Crippen LogP contribution in [0.25, 0.3) is 0 Å². The van der Waals surface area contributed by atoms with Crippen molar-refractivity contribution >= 4 is 5.69 Å². The number of hydrogen-bond acceptors (Lipinski definition) is 4. The van der Waals surface area contributed by atoms with Crippen molar-refractivity contribution in [2.75, 3.05) is 11.9 Å². The van der Waals surface area contributed by atoms with Gasteiger partial charge in [-0.15, -0.1) is 0 Å². The summed E-state index contributed by atoms with van der Waals surface area (Å²) in [6.07, 6.45) is 3.34. The zero-order valence-electron chi connectivity index (χ0n) is 10.1. The molecule has 0 bridgehead atoms. The lowest BCUT2D eigenvalue weighted by Gasteiger charge is -2.08. The van der Waals surface area contributed by atoms with E-state index in [4.69, 9.17) is 4.74 Å². The average molecular weight is 247 g/mol. The molecule has 0 spiro atoms. The minimum Gasteiger partial charge on any atom is -0.491 e. The summed E-state index contributed by atoms with van der Waals surface area (Å²) in [5, 5.41) is 3.05. The summed E-state index contributed by atoms with van der Waals surface area (Å²) < 4.78 is 18.7. The van der Waals surface area contributed by atoms with E-state index in [9.17, 15) is 4.39 Å². The molecule has 0 saturated heterocycles. The van der Waals surface area contributed by atoms with Crippen molar-refractivity contribution in [2.45, 2.75) is 13.5 Å². The van der Waals surface area contributed by atoms with Crippen molar-refractivity contribution in [1.29, 1.82) is 0 Å². The standard InChI is InChI=1S/C13H14FN3O/c1-2-18-12-5-4-10(8-11(12)14)17-9-13-15-6-3-7-16-13/h3-8,17H,2,9H2,1H3. The number of nitrogens with zero attached hydrogens (tertiary/aromatic N) is 2. The van der Waals surface area contributed by atoms with Gasteiger partial charge in [0.15, 0.2) is 11.6 Å². The highest BCUT2D eigenvalue weighted by Crippen LogP contribution is 2.21. The van der Waals surface area contributed by atoms with Crippen LogP contribution in [0.2, 0.25) is 0 Å². The maximum absolute atomic E-state index is 13.6. The fourth-order valence-electron chi connectivity index (χ4n) is 1.49. The third-order valence-electron chi connectivity index (χ3n) is 2.30. The first-order valence-corrected chi connectivity index (χ1v) is 5.71. The molecule has 0 aliphatic carbocycles. The van der Waals surface area contributed by atoms with Crippen LogP contribution in [0.15, 0.2) is 36.7 Å². The summed E-state index contributed by atoms with van der Waals surface area (Å²) in [5.74, 6) is 0.543. The molecular formula is C13H14FN3O. The summed E-state index contributed by atoms with van der Waals surface area (Å²) in [6.45, 7) is 2.72. The van der Waals surface area contributed by atoms with Crippen molar-refractivity contribution in [3.05, 3.63) is 48.3 Å². The van der Waals surface area contributed by atoms with Crippen molar-refractivity contribution in [3.63, 3.8) is 0 Å². The molecule has 0 aliphatic heterocycles. The van der Waals surface area contributed by atoms with E-state index in [1.54, 1.807) is 30.6 Å². The lowest BCUT2D eigenvalue weighted by Crippen LogP contribution is -2.04. The number of ether oxygens (including phenoxy) is 1. The Morgan fingerprint density at radius 3 is 2.72 bits per heavy atom. The van der Waals surface area contributed by atoms with Crippen LogP contribution in [-0.2, 0) is 6.54 Å². The number of rotatable bonds is 5. The predicted octanol–water partition coefficient (Wildman–Crippen LogP) is 2.63. The number of hydrogen-bond donors (Lipinski definition) is 1. The van der Waals surface area contributed by atoms with E-state index in [2.05, 4.69) is 15.3 Å². The molecule has 0 saturated carbocycles. The molecule has 0 radical (unpaired) electrons. The van der Waals surface area contributed by atoms with E-state index in [1.165, 1.54) is 6.07 Å². The zero-order chi connectivity index (χ0) is 12.8. The number of anilines is 1. The van der Waals surface area contributed by atoms with Gasteiger partial charge in [-0.2, -0.15) is 0 Å². The maximum Gasteiger partial charge on any atom is 0.167 e. The largest absolute Gasteiger partial charge is 0.491 e. The van der Waals surface area contributed by atoms with E-state index in [1.807, 2.05) is 6.92 Å². The molecule has 1 heterocycles. The second-order valence-electron chi connectivity index (χ2n) is 3.60. The van der Waals surface area contributed by atoms with Crippen LogP contribution in [0.3, 0.4) is 0 Å². The lowest BCUT2D eigenvalue weighted by atomic mass is 10.3. The Labute approximate surface area is 105 Å². The van der Waals surface area contributed by atoms with Crippen molar-refractivity contribution in [2.24, 2.45) is 0 Å². The molecule has 0 unspecified atom stereocenters. The number of aromatic nitrogens is 2. The first kappa shape index (κ1) is 12.3. The fourth-order valence-corrected chi connectivity index (χ4v) is 1.49. The van der Waals surface area contributed by atoms with Gasteiger partial charge in [-0.05, 0) is 25.1 Å². The average Bonchev–Trinajstić information content (AvgIpc) is 2.41. The Morgan fingerprint density at radius 1 is 1.28 bits per heavy atom. The van der Waals surface area contributed by atoms with E-state index in [0.29, 0.717) is 24.7 Å². The Balaban J connectivity index is 2.00. The number of halogens is 1. The molecule has 94 valence electrons. The van der Waals surface area contributed by atoms with E-state index in [-0.39, 0.29) is 11.6 Å². The smallest absolute Gasteiger partial charge is 0.167 e. The molecule has 1 aromatic carbocycles. The topological polar surface area (TPSA) is 47.0 Å². The van der Waals surface area contributed by atoms with E-state index >= 15 is 0 Å². The molecule has 0 amide bonds. The summed E-state index contributed by atoms with van der Waals surface area (Å²) >= 11 is 0. The summed E-state index contributed by atoms with van der Waals surface area (Å²) in [6, 6.07) is 6.51. The van der Waals surface area contributed by atoms with Gasteiger partial charge in [-0.3, -0.25) is 0 Å². The molecule has 1 aromatic heterocycles. The minimum absolute atomic E-state index is 0.263. The van der Waals surface area contributed by atoms with Gasteiger partial charge in [0.1, 0.15) is 5.82 Å². The number of benzene rings is 1. The molecule has 0 aliphatic rings. The second-order valence-corrected chi connectivity index (χ2v) is 3.60. The van der Waals surface area contributed by atoms with Crippen LogP contribution in [0.4, 0.5) is 10.1 Å². The highest BCUT2D eigenvalue weighted by Gasteiger charge is 2.04. The minimum atomic E-state index is -0.379. The second kappa shape index (κ2) is 5.95. The van der Waals surface area contributed by atoms with Crippen LogP contribution in [0.1, 0.15) is 12.7 Å². The first-order chi connectivity index (χ1) is 8.79. The van der Waals surface area contributed by atoms with Gasteiger partial charge in [-0.25, -0.2) is 14.4 Å². The Hall–Kier alpha value is -2.17. The lowest BCUT2D eigenvalue weighted by molar-refractivity contribution is 0.321. The summed E-state index contributed by atoms with van der Waals surface area (Å²) in [4.78, 5) is 8.14. The van der Waals surface area contributed by atoms with Crippen LogP contribution in [0, 0.1) is 5.82 Å². The molecule has 0 fully saturated rings. The number of nitrogens with one attached hydrogen (secondary N) is 1. The zero-order valence-corrected chi connectivity index (χ0v) is 10.1. The van der Waals surface area contributed by atoms with Crippen molar-refractivity contribution in [1.82, 2.24) is 9.97 Å². The molecule has 4 nitrogen and oxygen atoms in total. The highest BCUT2D eigenvalue weighted by atomic mass is 19.1. The SMILES string of the molecule is CCOc1ccc(NCc2ncccn2)cc1F. The normalized spacial score (nSPS) is 10.1. The molecule has 2 aromatic rings. The predicted molar refractivity (Wildman–Crippen MR) is 66.9 cm³/mol. The van der Waals surface area contributed by atoms with Gasteiger partial charge in [-0.1, -0.05) is 0 Å². The molecular weight excluding hydrogens is 233 g/mol.